The van der Waals surface area contributed by atoms with Gasteiger partial charge in [0.2, 0.25) is 17.6 Å². The van der Waals surface area contributed by atoms with Crippen LogP contribution in [0.25, 0.3) is 11.4 Å². The molecule has 0 bridgehead atoms. The van der Waals surface area contributed by atoms with Crippen molar-refractivity contribution in [2.24, 2.45) is 5.92 Å². The van der Waals surface area contributed by atoms with Crippen LogP contribution in [0, 0.1) is 5.92 Å². The fraction of sp³-hybridized carbons (Fsp3) is 0.423. The maximum absolute atomic E-state index is 12.9. The molecule has 1 atom stereocenters. The number of aromatic nitrogens is 2. The van der Waals surface area contributed by atoms with Crippen LogP contribution in [-0.4, -0.2) is 62.5 Å². The van der Waals surface area contributed by atoms with Gasteiger partial charge in [-0.1, -0.05) is 5.16 Å². The average molecular weight is 497 g/mol. The second kappa shape index (κ2) is 11.8. The molecule has 1 fully saturated rings. The Labute approximate surface area is 210 Å². The van der Waals surface area contributed by atoms with Crippen molar-refractivity contribution in [2.45, 2.75) is 25.9 Å². The number of carbonyl (C=O) groups is 1. The molecule has 10 nitrogen and oxygen atoms in total. The number of piperidine rings is 1. The topological polar surface area (TPSA) is 108 Å². The third kappa shape index (κ3) is 5.88. The molecule has 1 unspecified atom stereocenters. The molecule has 0 saturated carbocycles. The van der Waals surface area contributed by atoms with Crippen LogP contribution in [0.5, 0.6) is 23.0 Å². The van der Waals surface area contributed by atoms with E-state index in [1.807, 2.05) is 30.3 Å². The van der Waals surface area contributed by atoms with E-state index in [2.05, 4.69) is 20.4 Å². The van der Waals surface area contributed by atoms with Crippen molar-refractivity contribution in [2.75, 3.05) is 41.5 Å². The number of hydrogen-bond donors (Lipinski definition) is 1. The quantitative estimate of drug-likeness (QED) is 0.452. The molecule has 10 heteroatoms. The van der Waals surface area contributed by atoms with Crippen molar-refractivity contribution in [3.8, 4) is 34.4 Å². The van der Waals surface area contributed by atoms with Crippen molar-refractivity contribution < 1.29 is 28.3 Å². The molecule has 1 aliphatic heterocycles. The van der Waals surface area contributed by atoms with E-state index < -0.39 is 0 Å². The minimum absolute atomic E-state index is 0.0149. The molecule has 36 heavy (non-hydrogen) atoms. The molecular formula is C26H32N4O6. The Hall–Kier alpha value is -3.79. The fourth-order valence-electron chi connectivity index (χ4n) is 4.36. The van der Waals surface area contributed by atoms with Gasteiger partial charge in [-0.15, -0.1) is 0 Å². The largest absolute Gasteiger partial charge is 0.497 e. The normalized spacial score (nSPS) is 15.8. The molecule has 2 heterocycles. The minimum atomic E-state index is -0.122. The number of nitrogens with one attached hydrogen (secondary N) is 1. The van der Waals surface area contributed by atoms with Gasteiger partial charge in [-0.25, -0.2) is 0 Å². The van der Waals surface area contributed by atoms with Gasteiger partial charge in [-0.05, 0) is 55.8 Å². The summed E-state index contributed by atoms with van der Waals surface area (Å²) < 4.78 is 26.9. The van der Waals surface area contributed by atoms with E-state index in [4.69, 9.17) is 23.5 Å². The summed E-state index contributed by atoms with van der Waals surface area (Å²) in [6.07, 6.45) is 1.75. The number of nitrogens with zero attached hydrogens (tertiary/aromatic N) is 3. The van der Waals surface area contributed by atoms with Crippen molar-refractivity contribution in [1.82, 2.24) is 20.4 Å². The summed E-state index contributed by atoms with van der Waals surface area (Å²) in [5.74, 6) is 3.53. The second-order valence-electron chi connectivity index (χ2n) is 8.55. The molecule has 1 aliphatic rings. The maximum Gasteiger partial charge on any atom is 0.241 e. The van der Waals surface area contributed by atoms with Gasteiger partial charge in [-0.3, -0.25) is 9.69 Å². The summed E-state index contributed by atoms with van der Waals surface area (Å²) in [6.45, 7) is 2.33. The van der Waals surface area contributed by atoms with E-state index in [1.54, 1.807) is 34.5 Å². The number of hydrogen-bond acceptors (Lipinski definition) is 9. The molecule has 2 aromatic carbocycles. The van der Waals surface area contributed by atoms with Crippen LogP contribution >= 0.6 is 0 Å². The first-order valence-electron chi connectivity index (χ1n) is 11.8. The molecule has 1 amide bonds. The van der Waals surface area contributed by atoms with Crippen LogP contribution in [0.15, 0.2) is 40.9 Å². The minimum Gasteiger partial charge on any atom is -0.497 e. The average Bonchev–Trinajstić information content (AvgIpc) is 3.39. The predicted molar refractivity (Wildman–Crippen MR) is 132 cm³/mol. The fourth-order valence-corrected chi connectivity index (χ4v) is 4.36. The van der Waals surface area contributed by atoms with Crippen LogP contribution in [0.1, 0.15) is 24.3 Å². The van der Waals surface area contributed by atoms with Gasteiger partial charge in [0.25, 0.3) is 0 Å². The predicted octanol–water partition coefficient (Wildman–Crippen LogP) is 3.30. The standard InChI is InChI=1S/C26H32N4O6/c1-32-20-8-10-21(33-2)19(12-20)14-27-26(31)18-6-5-11-30(15-18)16-24-28-25(29-36-24)17-7-9-22(34-3)23(13-17)35-4/h7-10,12-13,18H,5-6,11,14-16H2,1-4H3,(H,27,31). The molecule has 1 aromatic heterocycles. The van der Waals surface area contributed by atoms with Gasteiger partial charge >= 0.3 is 0 Å². The molecule has 1 N–H and O–H groups in total. The summed E-state index contributed by atoms with van der Waals surface area (Å²) in [5, 5.41) is 7.17. The highest BCUT2D eigenvalue weighted by molar-refractivity contribution is 5.79. The van der Waals surface area contributed by atoms with Crippen molar-refractivity contribution in [1.29, 1.82) is 0 Å². The van der Waals surface area contributed by atoms with Crippen LogP contribution in [-0.2, 0) is 17.9 Å². The number of amides is 1. The highest BCUT2D eigenvalue weighted by Gasteiger charge is 2.27. The number of rotatable bonds is 10. The first kappa shape index (κ1) is 25.3. The molecule has 0 spiro atoms. The molecule has 1 saturated heterocycles. The van der Waals surface area contributed by atoms with Gasteiger partial charge in [0, 0.05) is 24.2 Å². The molecule has 0 radical (unpaired) electrons. The summed E-state index contributed by atoms with van der Waals surface area (Å²) in [6, 6.07) is 11.0. The summed E-state index contributed by atoms with van der Waals surface area (Å²) in [5.41, 5.74) is 1.64. The molecule has 0 aliphatic carbocycles. The third-order valence-electron chi connectivity index (χ3n) is 6.29. The van der Waals surface area contributed by atoms with Gasteiger partial charge in [0.05, 0.1) is 40.9 Å². The van der Waals surface area contributed by atoms with Gasteiger partial charge in [0.1, 0.15) is 11.5 Å². The number of carbonyl (C=O) groups excluding carboxylic acids is 1. The van der Waals surface area contributed by atoms with Crippen molar-refractivity contribution in [3.05, 3.63) is 47.9 Å². The van der Waals surface area contributed by atoms with Crippen molar-refractivity contribution >= 4 is 5.91 Å². The highest BCUT2D eigenvalue weighted by atomic mass is 16.5. The zero-order valence-corrected chi connectivity index (χ0v) is 21.1. The van der Waals surface area contributed by atoms with E-state index in [0.717, 1.165) is 36.3 Å². The van der Waals surface area contributed by atoms with Crippen LogP contribution in [0.2, 0.25) is 0 Å². The third-order valence-corrected chi connectivity index (χ3v) is 6.29. The number of methoxy groups -OCH3 is 4. The monoisotopic (exact) mass is 496 g/mol. The van der Waals surface area contributed by atoms with Gasteiger partial charge in [-0.2, -0.15) is 4.98 Å². The zero-order valence-electron chi connectivity index (χ0n) is 21.1. The van der Waals surface area contributed by atoms with Gasteiger partial charge in [0.15, 0.2) is 11.5 Å². The Kier molecular flexibility index (Phi) is 8.27. The lowest BCUT2D eigenvalue weighted by molar-refractivity contribution is -0.127. The summed E-state index contributed by atoms with van der Waals surface area (Å²) in [4.78, 5) is 19.7. The maximum atomic E-state index is 12.9. The van der Waals surface area contributed by atoms with E-state index in [0.29, 0.717) is 48.6 Å². The Bertz CT molecular complexity index is 1180. The van der Waals surface area contributed by atoms with Crippen molar-refractivity contribution in [3.63, 3.8) is 0 Å². The number of benzene rings is 2. The van der Waals surface area contributed by atoms with Crippen LogP contribution in [0.3, 0.4) is 0 Å². The van der Waals surface area contributed by atoms with E-state index in [9.17, 15) is 4.79 Å². The van der Waals surface area contributed by atoms with Crippen LogP contribution < -0.4 is 24.3 Å². The number of ether oxygens (including phenoxy) is 4. The Morgan fingerprint density at radius 2 is 1.81 bits per heavy atom. The first-order valence-corrected chi connectivity index (χ1v) is 11.8. The Balaban J connectivity index is 1.35. The SMILES string of the molecule is COc1ccc(OC)c(CNC(=O)C2CCCN(Cc3nc(-c4ccc(OC)c(OC)c4)no3)C2)c1. The Morgan fingerprint density at radius 1 is 1.03 bits per heavy atom. The zero-order chi connectivity index (χ0) is 25.5. The van der Waals surface area contributed by atoms with E-state index >= 15 is 0 Å². The van der Waals surface area contributed by atoms with Crippen LogP contribution in [0.4, 0.5) is 0 Å². The molecule has 3 aromatic rings. The Morgan fingerprint density at radius 3 is 2.56 bits per heavy atom. The summed E-state index contributed by atoms with van der Waals surface area (Å²) in [7, 11) is 6.40. The van der Waals surface area contributed by atoms with Gasteiger partial charge < -0.3 is 28.8 Å². The summed E-state index contributed by atoms with van der Waals surface area (Å²) >= 11 is 0. The first-order chi connectivity index (χ1) is 17.5. The lowest BCUT2D eigenvalue weighted by Gasteiger charge is -2.30. The lowest BCUT2D eigenvalue weighted by Crippen LogP contribution is -2.42. The molecule has 4 rings (SSSR count). The van der Waals surface area contributed by atoms with E-state index in [1.165, 1.54) is 0 Å². The molecular weight excluding hydrogens is 464 g/mol. The van der Waals surface area contributed by atoms with E-state index in [-0.39, 0.29) is 11.8 Å². The molecule has 192 valence electrons. The number of likely N-dealkylation sites (tertiary alicyclic amines) is 1. The highest BCUT2D eigenvalue weighted by Crippen LogP contribution is 2.31. The smallest absolute Gasteiger partial charge is 0.241 e. The lowest BCUT2D eigenvalue weighted by atomic mass is 9.97. The second-order valence-corrected chi connectivity index (χ2v) is 8.55.